The Hall–Kier alpha value is -4.49. The van der Waals surface area contributed by atoms with Gasteiger partial charge in [-0.3, -0.25) is 9.78 Å². The fraction of sp³-hybridized carbons (Fsp3) is 0.407. The first-order valence-electron chi connectivity index (χ1n) is 12.8. The molecule has 0 aliphatic carbocycles. The highest BCUT2D eigenvalue weighted by Crippen LogP contribution is 2.41. The molecule has 0 spiro atoms. The number of carboxylic acid groups (broad SMARTS) is 1. The maximum absolute atomic E-state index is 13.6. The van der Waals surface area contributed by atoms with Crippen LogP contribution < -0.4 is 21.3 Å². The quantitative estimate of drug-likeness (QED) is 0.336. The number of halogens is 3. The highest BCUT2D eigenvalue weighted by molar-refractivity contribution is 6.06. The van der Waals surface area contributed by atoms with Crippen molar-refractivity contribution < 1.29 is 27.9 Å². The summed E-state index contributed by atoms with van der Waals surface area (Å²) in [5, 5.41) is 14.7. The number of hydrogen-bond donors (Lipinski definition) is 4. The normalized spacial score (nSPS) is 19.5. The number of piperidine rings is 1. The molecule has 0 aromatic carbocycles. The van der Waals surface area contributed by atoms with E-state index in [2.05, 4.69) is 35.5 Å². The van der Waals surface area contributed by atoms with Gasteiger partial charge in [0.15, 0.2) is 17.3 Å². The van der Waals surface area contributed by atoms with E-state index in [4.69, 9.17) is 5.73 Å². The number of pyridine rings is 2. The molecular weight excluding hydrogens is 541 g/mol. The van der Waals surface area contributed by atoms with E-state index in [1.165, 1.54) is 12.4 Å². The first-order valence-corrected chi connectivity index (χ1v) is 12.8. The summed E-state index contributed by atoms with van der Waals surface area (Å²) < 4.78 is 40.7. The van der Waals surface area contributed by atoms with Crippen LogP contribution in [0.5, 0.6) is 0 Å². The van der Waals surface area contributed by atoms with Crippen molar-refractivity contribution in [2.45, 2.75) is 58.3 Å². The lowest BCUT2D eigenvalue weighted by molar-refractivity contribution is -0.137. The van der Waals surface area contributed by atoms with E-state index < -0.39 is 35.0 Å². The van der Waals surface area contributed by atoms with Crippen molar-refractivity contribution in [3.05, 3.63) is 54.1 Å². The van der Waals surface area contributed by atoms with Gasteiger partial charge < -0.3 is 26.4 Å². The molecule has 41 heavy (non-hydrogen) atoms. The molecule has 2 unspecified atom stereocenters. The van der Waals surface area contributed by atoms with Crippen LogP contribution in [0.4, 0.5) is 35.3 Å². The van der Waals surface area contributed by atoms with Crippen LogP contribution in [0, 0.1) is 5.41 Å². The average molecular weight is 573 g/mol. The highest BCUT2D eigenvalue weighted by atomic mass is 19.4. The topological polar surface area (TPSA) is 159 Å². The minimum atomic E-state index is -4.70. The fourth-order valence-corrected chi connectivity index (χ4v) is 5.01. The van der Waals surface area contributed by atoms with Crippen LogP contribution in [-0.4, -0.2) is 55.2 Å². The van der Waals surface area contributed by atoms with E-state index in [1.807, 2.05) is 27.7 Å². The molecule has 1 aliphatic rings. The van der Waals surface area contributed by atoms with Crippen LogP contribution in [0.2, 0.25) is 0 Å². The summed E-state index contributed by atoms with van der Waals surface area (Å²) in [6, 6.07) is 5.36. The van der Waals surface area contributed by atoms with Crippen LogP contribution in [0.25, 0.3) is 11.4 Å². The van der Waals surface area contributed by atoms with Gasteiger partial charge in [0, 0.05) is 30.5 Å². The second kappa shape index (κ2) is 10.8. The molecule has 2 amide bonds. The summed E-state index contributed by atoms with van der Waals surface area (Å²) in [7, 11) is 0. The van der Waals surface area contributed by atoms with E-state index >= 15 is 0 Å². The number of nitrogens with two attached hydrogens (primary N) is 1. The standard InChI is InChI=1S/C27H31F3N8O3/c1-25(2,3)18-13-26(4,37-24(40)41)9-12-38(18)17-8-6-11-33-22(17)36-23(39)20-21(31)34-14-16(35-20)19-15(27(28,29)30)7-5-10-32-19/h5-8,10-11,14,18,37H,9,12-13H2,1-4H3,(H2,31,34)(H,40,41)(H,33,36,39). The van der Waals surface area contributed by atoms with Gasteiger partial charge in [0.1, 0.15) is 11.4 Å². The van der Waals surface area contributed by atoms with Crippen LogP contribution in [0.15, 0.2) is 42.9 Å². The molecule has 14 heteroatoms. The summed E-state index contributed by atoms with van der Waals surface area (Å²) in [6.45, 7) is 8.45. The lowest BCUT2D eigenvalue weighted by atomic mass is 9.74. The molecule has 0 bridgehead atoms. The van der Waals surface area contributed by atoms with Gasteiger partial charge in [-0.1, -0.05) is 20.8 Å². The van der Waals surface area contributed by atoms with Crippen LogP contribution >= 0.6 is 0 Å². The minimum Gasteiger partial charge on any atom is -0.465 e. The summed E-state index contributed by atoms with van der Waals surface area (Å²) in [6.07, 6.45) is -1.11. The second-order valence-corrected chi connectivity index (χ2v) is 11.2. The van der Waals surface area contributed by atoms with Gasteiger partial charge in [0.2, 0.25) is 0 Å². The number of rotatable bonds is 5. The smallest absolute Gasteiger partial charge is 0.418 e. The lowest BCUT2D eigenvalue weighted by Crippen LogP contribution is -2.60. The fourth-order valence-electron chi connectivity index (χ4n) is 5.01. The molecule has 4 heterocycles. The van der Waals surface area contributed by atoms with Crippen molar-refractivity contribution >= 4 is 29.3 Å². The van der Waals surface area contributed by atoms with E-state index in [-0.39, 0.29) is 34.5 Å². The third kappa shape index (κ3) is 6.47. The molecule has 1 fully saturated rings. The largest absolute Gasteiger partial charge is 0.465 e. The van der Waals surface area contributed by atoms with Crippen LogP contribution in [-0.2, 0) is 6.18 Å². The highest BCUT2D eigenvalue weighted by Gasteiger charge is 2.43. The Kier molecular flexibility index (Phi) is 7.78. The van der Waals surface area contributed by atoms with E-state index in [1.54, 1.807) is 12.1 Å². The third-order valence-corrected chi connectivity index (χ3v) is 7.03. The number of nitrogens with one attached hydrogen (secondary N) is 2. The van der Waals surface area contributed by atoms with Crippen LogP contribution in [0.3, 0.4) is 0 Å². The molecule has 2 atom stereocenters. The number of amides is 2. The second-order valence-electron chi connectivity index (χ2n) is 11.2. The molecule has 0 radical (unpaired) electrons. The zero-order valence-corrected chi connectivity index (χ0v) is 23.0. The maximum atomic E-state index is 13.6. The van der Waals surface area contributed by atoms with Crippen LogP contribution in [0.1, 0.15) is 56.6 Å². The van der Waals surface area contributed by atoms with E-state index in [9.17, 15) is 27.9 Å². The number of carbonyl (C=O) groups is 2. The number of carbonyl (C=O) groups excluding carboxylic acids is 1. The van der Waals surface area contributed by atoms with E-state index in [0.717, 1.165) is 18.3 Å². The number of anilines is 3. The molecule has 218 valence electrons. The van der Waals surface area contributed by atoms with Crippen molar-refractivity contribution in [2.75, 3.05) is 22.5 Å². The number of alkyl halides is 3. The molecule has 11 nitrogen and oxygen atoms in total. The molecule has 4 rings (SSSR count). The Morgan fingerprint density at radius 3 is 2.46 bits per heavy atom. The maximum Gasteiger partial charge on any atom is 0.418 e. The molecule has 0 saturated carbocycles. The lowest BCUT2D eigenvalue weighted by Gasteiger charge is -2.51. The van der Waals surface area contributed by atoms with Crippen molar-refractivity contribution in [1.82, 2.24) is 25.3 Å². The number of nitrogens with zero attached hydrogens (tertiary/aromatic N) is 5. The Balaban J connectivity index is 1.67. The molecule has 1 aliphatic heterocycles. The molecular formula is C27H31F3N8O3. The first kappa shape index (κ1) is 29.5. The van der Waals surface area contributed by atoms with E-state index in [0.29, 0.717) is 25.1 Å². The Morgan fingerprint density at radius 1 is 1.12 bits per heavy atom. The van der Waals surface area contributed by atoms with Gasteiger partial charge in [-0.15, -0.1) is 0 Å². The van der Waals surface area contributed by atoms with Crippen molar-refractivity contribution in [3.8, 4) is 11.4 Å². The van der Waals surface area contributed by atoms with Crippen molar-refractivity contribution in [1.29, 1.82) is 0 Å². The monoisotopic (exact) mass is 572 g/mol. The summed E-state index contributed by atoms with van der Waals surface area (Å²) in [5.74, 6) is -0.917. The Morgan fingerprint density at radius 2 is 1.80 bits per heavy atom. The van der Waals surface area contributed by atoms with Gasteiger partial charge >= 0.3 is 12.3 Å². The summed E-state index contributed by atoms with van der Waals surface area (Å²) >= 11 is 0. The molecule has 5 N–H and O–H groups in total. The van der Waals surface area contributed by atoms with Gasteiger partial charge in [0.05, 0.1) is 17.4 Å². The van der Waals surface area contributed by atoms with Crippen molar-refractivity contribution in [2.24, 2.45) is 5.41 Å². The number of aromatic nitrogens is 4. The Labute approximate surface area is 234 Å². The predicted molar refractivity (Wildman–Crippen MR) is 146 cm³/mol. The third-order valence-electron chi connectivity index (χ3n) is 7.03. The summed E-state index contributed by atoms with van der Waals surface area (Å²) in [4.78, 5) is 43.0. The number of hydrogen-bond acceptors (Lipinski definition) is 8. The van der Waals surface area contributed by atoms with Gasteiger partial charge in [-0.05, 0) is 49.4 Å². The first-order chi connectivity index (χ1) is 19.1. The van der Waals surface area contributed by atoms with Gasteiger partial charge in [0.25, 0.3) is 5.91 Å². The minimum absolute atomic E-state index is 0.147. The van der Waals surface area contributed by atoms with Gasteiger partial charge in [-0.2, -0.15) is 13.2 Å². The molecule has 1 saturated heterocycles. The molecule has 3 aromatic rings. The Bertz CT molecular complexity index is 1460. The van der Waals surface area contributed by atoms with Crippen molar-refractivity contribution in [3.63, 3.8) is 0 Å². The average Bonchev–Trinajstić information content (AvgIpc) is 2.88. The SMILES string of the molecule is CC1(NC(=O)O)CCN(c2cccnc2NC(=O)c2nc(-c3ncccc3C(F)(F)F)cnc2N)C(C(C)(C)C)C1. The summed E-state index contributed by atoms with van der Waals surface area (Å²) in [5.41, 5.74) is 3.38. The predicted octanol–water partition coefficient (Wildman–Crippen LogP) is 4.83. The molecule has 3 aromatic heterocycles. The zero-order valence-electron chi connectivity index (χ0n) is 23.0. The van der Waals surface area contributed by atoms with Gasteiger partial charge in [-0.25, -0.2) is 19.7 Å². The zero-order chi connectivity index (χ0) is 30.2. The number of nitrogen functional groups attached to an aromatic ring is 1.